The second-order valence-electron chi connectivity index (χ2n) is 8.38. The van der Waals surface area contributed by atoms with Crippen LogP contribution in [0.2, 0.25) is 0 Å². The standard InChI is InChI=1S/C19H25BrO2/c1-18-7-5-11(21)9-15(18)16(20)10-12-13-3-4-17(22)19(13,2)8-6-14(12)18/h9-10,12-14,17,22H,3-8H2,1-2H3/t12-,13-,14-,17?,18+,19-/m0/s1. The van der Waals surface area contributed by atoms with E-state index in [2.05, 4.69) is 35.9 Å². The van der Waals surface area contributed by atoms with Crippen molar-refractivity contribution in [1.82, 2.24) is 0 Å². The largest absolute Gasteiger partial charge is 0.393 e. The number of hydrogen-bond donors (Lipinski definition) is 1. The van der Waals surface area contributed by atoms with Gasteiger partial charge in [0.25, 0.3) is 0 Å². The van der Waals surface area contributed by atoms with E-state index < -0.39 is 0 Å². The van der Waals surface area contributed by atoms with Gasteiger partial charge in [-0.1, -0.05) is 35.9 Å². The number of aliphatic hydroxyl groups is 1. The topological polar surface area (TPSA) is 37.3 Å². The molecule has 1 unspecified atom stereocenters. The van der Waals surface area contributed by atoms with Gasteiger partial charge in [0.2, 0.25) is 0 Å². The zero-order chi connectivity index (χ0) is 15.7. The van der Waals surface area contributed by atoms with Crippen LogP contribution in [0.1, 0.15) is 52.4 Å². The highest BCUT2D eigenvalue weighted by molar-refractivity contribution is 9.12. The Labute approximate surface area is 141 Å². The molecule has 0 aromatic heterocycles. The minimum Gasteiger partial charge on any atom is -0.393 e. The first-order valence-corrected chi connectivity index (χ1v) is 9.46. The fourth-order valence-corrected chi connectivity index (χ4v) is 6.92. The first-order valence-electron chi connectivity index (χ1n) is 8.67. The van der Waals surface area contributed by atoms with Crippen LogP contribution in [0.25, 0.3) is 0 Å². The van der Waals surface area contributed by atoms with E-state index in [1.807, 2.05) is 6.08 Å². The van der Waals surface area contributed by atoms with Crippen molar-refractivity contribution in [3.63, 3.8) is 0 Å². The average molecular weight is 365 g/mol. The molecule has 2 nitrogen and oxygen atoms in total. The van der Waals surface area contributed by atoms with Crippen molar-refractivity contribution in [3.05, 3.63) is 22.2 Å². The highest BCUT2D eigenvalue weighted by Gasteiger charge is 2.58. The molecule has 2 fully saturated rings. The smallest absolute Gasteiger partial charge is 0.156 e. The molecule has 0 aromatic carbocycles. The summed E-state index contributed by atoms with van der Waals surface area (Å²) in [6.07, 6.45) is 10.2. The lowest BCUT2D eigenvalue weighted by atomic mass is 9.49. The zero-order valence-corrected chi connectivity index (χ0v) is 15.0. The van der Waals surface area contributed by atoms with Gasteiger partial charge >= 0.3 is 0 Å². The molecule has 4 rings (SSSR count). The van der Waals surface area contributed by atoms with Gasteiger partial charge in [0, 0.05) is 10.9 Å². The van der Waals surface area contributed by atoms with Crippen LogP contribution >= 0.6 is 15.9 Å². The Morgan fingerprint density at radius 2 is 1.95 bits per heavy atom. The lowest BCUT2D eigenvalue weighted by Crippen LogP contribution is -2.50. The third-order valence-electron chi connectivity index (χ3n) is 7.51. The molecule has 0 bridgehead atoms. The molecule has 3 heteroatoms. The van der Waals surface area contributed by atoms with Gasteiger partial charge in [-0.2, -0.15) is 0 Å². The summed E-state index contributed by atoms with van der Waals surface area (Å²) in [4.78, 5) is 11.9. The van der Waals surface area contributed by atoms with E-state index in [1.54, 1.807) is 0 Å². The maximum atomic E-state index is 11.9. The summed E-state index contributed by atoms with van der Waals surface area (Å²) in [6.45, 7) is 4.66. The van der Waals surface area contributed by atoms with Gasteiger partial charge in [-0.25, -0.2) is 0 Å². The molecule has 1 N–H and O–H groups in total. The molecule has 0 radical (unpaired) electrons. The molecule has 4 aliphatic rings. The van der Waals surface area contributed by atoms with Gasteiger partial charge in [0.1, 0.15) is 0 Å². The first kappa shape index (κ1) is 15.1. The van der Waals surface area contributed by atoms with Gasteiger partial charge in [0.05, 0.1) is 6.10 Å². The Morgan fingerprint density at radius 1 is 1.18 bits per heavy atom. The first-order chi connectivity index (χ1) is 10.4. The monoisotopic (exact) mass is 364 g/mol. The van der Waals surface area contributed by atoms with Crippen molar-refractivity contribution in [3.8, 4) is 0 Å². The van der Waals surface area contributed by atoms with Crippen molar-refractivity contribution in [1.29, 1.82) is 0 Å². The Bertz CT molecular complexity index is 592. The summed E-state index contributed by atoms with van der Waals surface area (Å²) in [7, 11) is 0. The van der Waals surface area contributed by atoms with E-state index in [1.165, 1.54) is 12.0 Å². The molecule has 6 atom stereocenters. The highest BCUT2D eigenvalue weighted by Crippen LogP contribution is 2.65. The minimum atomic E-state index is -0.136. The Kier molecular flexibility index (Phi) is 3.30. The number of ketones is 1. The SMILES string of the molecule is C[C@]12CCC(=O)C=C1C(Br)=C[C@@H]1[C@@H]2CC[C@]2(C)C(O)CC[C@@H]12. The molecule has 0 heterocycles. The average Bonchev–Trinajstić information content (AvgIpc) is 2.77. The molecule has 0 amide bonds. The second kappa shape index (κ2) is 4.80. The van der Waals surface area contributed by atoms with Crippen LogP contribution in [0.4, 0.5) is 0 Å². The lowest BCUT2D eigenvalue weighted by Gasteiger charge is -2.56. The maximum Gasteiger partial charge on any atom is 0.156 e. The van der Waals surface area contributed by atoms with Crippen LogP contribution < -0.4 is 0 Å². The third-order valence-corrected chi connectivity index (χ3v) is 8.20. The van der Waals surface area contributed by atoms with E-state index in [0.29, 0.717) is 24.2 Å². The van der Waals surface area contributed by atoms with Gasteiger partial charge in [-0.05, 0) is 72.3 Å². The summed E-state index contributed by atoms with van der Waals surface area (Å²) in [5.41, 5.74) is 1.45. The summed E-state index contributed by atoms with van der Waals surface area (Å²) in [6, 6.07) is 0. The van der Waals surface area contributed by atoms with Gasteiger partial charge < -0.3 is 5.11 Å². The summed E-state index contributed by atoms with van der Waals surface area (Å²) in [5, 5.41) is 10.5. The number of fused-ring (bicyclic) bond motifs is 5. The van der Waals surface area contributed by atoms with E-state index in [4.69, 9.17) is 0 Å². The molecular formula is C19H25BrO2. The van der Waals surface area contributed by atoms with Gasteiger partial charge in [0.15, 0.2) is 5.78 Å². The molecule has 4 aliphatic carbocycles. The van der Waals surface area contributed by atoms with Gasteiger partial charge in [-0.15, -0.1) is 0 Å². The maximum absolute atomic E-state index is 11.9. The van der Waals surface area contributed by atoms with Crippen molar-refractivity contribution >= 4 is 21.7 Å². The van der Waals surface area contributed by atoms with Crippen LogP contribution in [0, 0.1) is 28.6 Å². The van der Waals surface area contributed by atoms with E-state index in [9.17, 15) is 9.90 Å². The number of aliphatic hydroxyl groups excluding tert-OH is 1. The number of carbonyl (C=O) groups is 1. The van der Waals surface area contributed by atoms with Crippen molar-refractivity contribution in [2.45, 2.75) is 58.5 Å². The van der Waals surface area contributed by atoms with Crippen LogP contribution in [-0.4, -0.2) is 17.0 Å². The van der Waals surface area contributed by atoms with Crippen LogP contribution in [0.3, 0.4) is 0 Å². The number of hydrogen-bond acceptors (Lipinski definition) is 2. The van der Waals surface area contributed by atoms with E-state index in [-0.39, 0.29) is 22.7 Å². The van der Waals surface area contributed by atoms with Crippen molar-refractivity contribution in [2.75, 3.05) is 0 Å². The summed E-state index contributed by atoms with van der Waals surface area (Å²) in [5.74, 6) is 2.02. The summed E-state index contributed by atoms with van der Waals surface area (Å²) >= 11 is 3.76. The second-order valence-corrected chi connectivity index (χ2v) is 9.24. The Balaban J connectivity index is 1.80. The van der Waals surface area contributed by atoms with Crippen LogP contribution in [0.5, 0.6) is 0 Å². The molecular weight excluding hydrogens is 340 g/mol. The molecule has 22 heavy (non-hydrogen) atoms. The third kappa shape index (κ3) is 1.84. The van der Waals surface area contributed by atoms with E-state index >= 15 is 0 Å². The van der Waals surface area contributed by atoms with Crippen molar-refractivity contribution < 1.29 is 9.90 Å². The normalized spacial score (nSPS) is 50.6. The van der Waals surface area contributed by atoms with Gasteiger partial charge in [-0.3, -0.25) is 4.79 Å². The molecule has 0 aliphatic heterocycles. The number of rotatable bonds is 0. The predicted octanol–water partition coefficient (Wildman–Crippen LogP) is 4.38. The fourth-order valence-electron chi connectivity index (χ4n) is 6.04. The van der Waals surface area contributed by atoms with Crippen LogP contribution in [0.15, 0.2) is 22.2 Å². The zero-order valence-electron chi connectivity index (χ0n) is 13.4. The summed E-state index contributed by atoms with van der Waals surface area (Å²) < 4.78 is 1.13. The number of carbonyl (C=O) groups excluding carboxylic acids is 1. The lowest BCUT2D eigenvalue weighted by molar-refractivity contribution is -0.116. The molecule has 0 aromatic rings. The quantitative estimate of drug-likeness (QED) is 0.692. The predicted molar refractivity (Wildman–Crippen MR) is 90.5 cm³/mol. The van der Waals surface area contributed by atoms with Crippen LogP contribution in [-0.2, 0) is 4.79 Å². The Morgan fingerprint density at radius 3 is 2.73 bits per heavy atom. The van der Waals surface area contributed by atoms with E-state index in [0.717, 1.165) is 30.2 Å². The molecule has 0 saturated heterocycles. The molecule has 2 saturated carbocycles. The molecule has 0 spiro atoms. The molecule has 120 valence electrons. The fraction of sp³-hybridized carbons (Fsp3) is 0.737. The number of allylic oxidation sites excluding steroid dienone is 4. The minimum absolute atomic E-state index is 0.0903. The highest BCUT2D eigenvalue weighted by atomic mass is 79.9. The Hall–Kier alpha value is -0.410. The van der Waals surface area contributed by atoms with Crippen molar-refractivity contribution in [2.24, 2.45) is 28.6 Å². The number of halogens is 1.